The van der Waals surface area contributed by atoms with Crippen LogP contribution in [0.5, 0.6) is 0 Å². The van der Waals surface area contributed by atoms with Crippen molar-refractivity contribution in [1.29, 1.82) is 0 Å². The van der Waals surface area contributed by atoms with Gasteiger partial charge in [-0.2, -0.15) is 0 Å². The third-order valence-electron chi connectivity index (χ3n) is 3.66. The molecule has 0 saturated carbocycles. The Morgan fingerprint density at radius 2 is 2.05 bits per heavy atom. The van der Waals surface area contributed by atoms with Crippen LogP contribution >= 0.6 is 38.5 Å². The van der Waals surface area contributed by atoms with Gasteiger partial charge in [-0.15, -0.1) is 0 Å². The van der Waals surface area contributed by atoms with E-state index in [0.29, 0.717) is 36.1 Å². The summed E-state index contributed by atoms with van der Waals surface area (Å²) in [7, 11) is 0. The minimum absolute atomic E-state index is 0.114. The van der Waals surface area contributed by atoms with Gasteiger partial charge in [0, 0.05) is 27.8 Å². The number of aliphatic carboxylic acids is 1. The van der Waals surface area contributed by atoms with Crippen LogP contribution in [0.4, 0.5) is 0 Å². The third kappa shape index (κ3) is 3.95. The molecule has 1 saturated heterocycles. The van der Waals surface area contributed by atoms with Crippen LogP contribution < -0.4 is 5.32 Å². The van der Waals surface area contributed by atoms with Crippen molar-refractivity contribution in [1.82, 2.24) is 5.32 Å². The standard InChI is InChI=1S/C14H15BrINO4/c15-11-2-1-9(16)7-10(11)12(18)17-8-14(13(19)20)3-5-21-6-4-14/h1-2,7H,3-6,8H2,(H,17,18)(H,19,20). The van der Waals surface area contributed by atoms with Crippen molar-refractivity contribution in [3.05, 3.63) is 31.8 Å². The number of carbonyl (C=O) groups excluding carboxylic acids is 1. The van der Waals surface area contributed by atoms with E-state index in [9.17, 15) is 14.7 Å². The smallest absolute Gasteiger partial charge is 0.311 e. The highest BCUT2D eigenvalue weighted by Crippen LogP contribution is 2.30. The molecule has 1 aromatic rings. The van der Waals surface area contributed by atoms with Crippen LogP contribution in [0.15, 0.2) is 22.7 Å². The Bertz CT molecular complexity index is 558. The summed E-state index contributed by atoms with van der Waals surface area (Å²) < 4.78 is 6.85. The van der Waals surface area contributed by atoms with E-state index < -0.39 is 11.4 Å². The van der Waals surface area contributed by atoms with Crippen LogP contribution in [0, 0.1) is 8.99 Å². The Morgan fingerprint density at radius 3 is 2.67 bits per heavy atom. The second-order valence-corrected chi connectivity index (χ2v) is 7.10. The maximum absolute atomic E-state index is 12.3. The quantitative estimate of drug-likeness (QED) is 0.667. The van der Waals surface area contributed by atoms with E-state index in [1.54, 1.807) is 12.1 Å². The lowest BCUT2D eigenvalue weighted by molar-refractivity contribution is -0.154. The molecule has 0 aromatic heterocycles. The molecule has 0 atom stereocenters. The fourth-order valence-corrected chi connectivity index (χ4v) is 3.16. The fourth-order valence-electron chi connectivity index (χ4n) is 2.24. The van der Waals surface area contributed by atoms with Crippen LogP contribution in [-0.4, -0.2) is 36.7 Å². The number of hydrogen-bond donors (Lipinski definition) is 2. The SMILES string of the molecule is O=C(NCC1(C(=O)O)CCOCC1)c1cc(I)ccc1Br. The summed E-state index contributed by atoms with van der Waals surface area (Å²) in [5.41, 5.74) is -0.419. The van der Waals surface area contributed by atoms with Crippen LogP contribution in [-0.2, 0) is 9.53 Å². The number of halogens is 2. The van der Waals surface area contributed by atoms with Gasteiger partial charge in [-0.25, -0.2) is 0 Å². The summed E-state index contributed by atoms with van der Waals surface area (Å²) in [4.78, 5) is 23.8. The highest BCUT2D eigenvalue weighted by Gasteiger charge is 2.40. The van der Waals surface area contributed by atoms with Crippen molar-refractivity contribution in [2.45, 2.75) is 12.8 Å². The van der Waals surface area contributed by atoms with E-state index in [1.807, 2.05) is 6.07 Å². The first-order chi connectivity index (χ1) is 9.94. The highest BCUT2D eigenvalue weighted by molar-refractivity contribution is 14.1. The zero-order valence-electron chi connectivity index (χ0n) is 11.2. The molecule has 7 heteroatoms. The van der Waals surface area contributed by atoms with Gasteiger partial charge in [0.05, 0.1) is 11.0 Å². The molecule has 0 aliphatic carbocycles. The average Bonchev–Trinajstić information content (AvgIpc) is 2.48. The molecule has 1 heterocycles. The summed E-state index contributed by atoms with van der Waals surface area (Å²) in [6.45, 7) is 0.937. The van der Waals surface area contributed by atoms with Crippen molar-refractivity contribution >= 4 is 50.4 Å². The monoisotopic (exact) mass is 467 g/mol. The molecule has 1 aliphatic rings. The minimum atomic E-state index is -0.928. The molecule has 1 amide bonds. The van der Waals surface area contributed by atoms with Crippen LogP contribution in [0.2, 0.25) is 0 Å². The molecule has 1 fully saturated rings. The van der Waals surface area contributed by atoms with Gasteiger partial charge in [0.1, 0.15) is 0 Å². The van der Waals surface area contributed by atoms with Crippen molar-refractivity contribution < 1.29 is 19.4 Å². The van der Waals surface area contributed by atoms with Crippen molar-refractivity contribution in [3.8, 4) is 0 Å². The third-order valence-corrected chi connectivity index (χ3v) is 5.03. The normalized spacial score (nSPS) is 17.2. The Balaban J connectivity index is 2.08. The Hall–Kier alpha value is -0.670. The van der Waals surface area contributed by atoms with E-state index in [1.165, 1.54) is 0 Å². The molecule has 0 unspecified atom stereocenters. The van der Waals surface area contributed by atoms with Crippen molar-refractivity contribution in [2.75, 3.05) is 19.8 Å². The predicted molar refractivity (Wildman–Crippen MR) is 89.3 cm³/mol. The van der Waals surface area contributed by atoms with E-state index in [0.717, 1.165) is 3.57 Å². The lowest BCUT2D eigenvalue weighted by Crippen LogP contribution is -2.46. The number of carboxylic acid groups (broad SMARTS) is 1. The second kappa shape index (κ2) is 7.06. The number of hydrogen-bond acceptors (Lipinski definition) is 3. The first-order valence-corrected chi connectivity index (χ1v) is 8.36. The number of carboxylic acids is 1. The Labute approximate surface area is 144 Å². The molecule has 114 valence electrons. The summed E-state index contributed by atoms with van der Waals surface area (Å²) in [5.74, 6) is -1.15. The van der Waals surface area contributed by atoms with Gasteiger partial charge in [-0.3, -0.25) is 9.59 Å². The molecule has 0 radical (unpaired) electrons. The summed E-state index contributed by atoms with van der Waals surface area (Å²) >= 11 is 5.47. The molecule has 21 heavy (non-hydrogen) atoms. The molecule has 0 bridgehead atoms. The second-order valence-electron chi connectivity index (χ2n) is 5.00. The minimum Gasteiger partial charge on any atom is -0.481 e. The molecule has 2 N–H and O–H groups in total. The van der Waals surface area contributed by atoms with Gasteiger partial charge in [-0.1, -0.05) is 0 Å². The average molecular weight is 468 g/mol. The van der Waals surface area contributed by atoms with Gasteiger partial charge in [0.2, 0.25) is 0 Å². The molecule has 2 rings (SSSR count). The fraction of sp³-hybridized carbons (Fsp3) is 0.429. The van der Waals surface area contributed by atoms with E-state index in [2.05, 4.69) is 43.8 Å². The van der Waals surface area contributed by atoms with Gasteiger partial charge in [0.25, 0.3) is 5.91 Å². The summed E-state index contributed by atoms with van der Waals surface area (Å²) in [5, 5.41) is 12.2. The van der Waals surface area contributed by atoms with E-state index in [4.69, 9.17) is 4.74 Å². The highest BCUT2D eigenvalue weighted by atomic mass is 127. The van der Waals surface area contributed by atoms with Crippen LogP contribution in [0.1, 0.15) is 23.2 Å². The van der Waals surface area contributed by atoms with Crippen LogP contribution in [0.25, 0.3) is 0 Å². The number of rotatable bonds is 4. The zero-order chi connectivity index (χ0) is 15.5. The first kappa shape index (κ1) is 16.7. The zero-order valence-corrected chi connectivity index (χ0v) is 14.9. The number of benzene rings is 1. The van der Waals surface area contributed by atoms with Crippen molar-refractivity contribution in [3.63, 3.8) is 0 Å². The summed E-state index contributed by atoms with van der Waals surface area (Å²) in [6.07, 6.45) is 0.826. The number of amides is 1. The van der Waals surface area contributed by atoms with Gasteiger partial charge < -0.3 is 15.2 Å². The number of carbonyl (C=O) groups is 2. The lowest BCUT2D eigenvalue weighted by Gasteiger charge is -2.33. The van der Waals surface area contributed by atoms with Gasteiger partial charge in [0.15, 0.2) is 0 Å². The first-order valence-electron chi connectivity index (χ1n) is 6.49. The van der Waals surface area contributed by atoms with Crippen molar-refractivity contribution in [2.24, 2.45) is 5.41 Å². The maximum Gasteiger partial charge on any atom is 0.311 e. The lowest BCUT2D eigenvalue weighted by atomic mass is 9.80. The molecule has 0 spiro atoms. The van der Waals surface area contributed by atoms with Crippen LogP contribution in [0.3, 0.4) is 0 Å². The predicted octanol–water partition coefficient (Wildman–Crippen LogP) is 2.66. The molecular weight excluding hydrogens is 453 g/mol. The van der Waals surface area contributed by atoms with Gasteiger partial charge in [-0.05, 0) is 69.6 Å². The van der Waals surface area contributed by atoms with E-state index >= 15 is 0 Å². The molecule has 5 nitrogen and oxygen atoms in total. The summed E-state index contributed by atoms with van der Waals surface area (Å²) in [6, 6.07) is 5.45. The molecular formula is C14H15BrINO4. The topological polar surface area (TPSA) is 75.6 Å². The maximum atomic E-state index is 12.3. The van der Waals surface area contributed by atoms with E-state index in [-0.39, 0.29) is 12.5 Å². The van der Waals surface area contributed by atoms with Gasteiger partial charge >= 0.3 is 5.97 Å². The Morgan fingerprint density at radius 1 is 1.38 bits per heavy atom. The Kier molecular flexibility index (Phi) is 5.61. The number of nitrogens with one attached hydrogen (secondary N) is 1. The molecule has 1 aromatic carbocycles. The largest absolute Gasteiger partial charge is 0.481 e. The number of ether oxygens (including phenoxy) is 1. The molecule has 1 aliphatic heterocycles.